The van der Waals surface area contributed by atoms with Gasteiger partial charge in [-0.15, -0.1) is 0 Å². The summed E-state index contributed by atoms with van der Waals surface area (Å²) in [6.07, 6.45) is 2.35. The number of likely N-dealkylation sites (tertiary alicyclic amines) is 1. The van der Waals surface area contributed by atoms with Gasteiger partial charge < -0.3 is 20.6 Å². The van der Waals surface area contributed by atoms with Gasteiger partial charge in [0.05, 0.1) is 0 Å². The smallest absolute Gasteiger partial charge is 0.329 e. The van der Waals surface area contributed by atoms with E-state index in [1.165, 1.54) is 6.92 Å². The molecule has 6 nitrogen and oxygen atoms in total. The van der Waals surface area contributed by atoms with Crippen LogP contribution in [-0.4, -0.2) is 53.2 Å². The van der Waals surface area contributed by atoms with Gasteiger partial charge in [0.25, 0.3) is 0 Å². The lowest BCUT2D eigenvalue weighted by molar-refractivity contribution is -0.143. The van der Waals surface area contributed by atoms with Crippen LogP contribution in [0.15, 0.2) is 0 Å². The van der Waals surface area contributed by atoms with Gasteiger partial charge in [0.1, 0.15) is 5.54 Å². The normalized spacial score (nSPS) is 23.4. The molecule has 2 amide bonds. The van der Waals surface area contributed by atoms with Crippen LogP contribution in [-0.2, 0) is 4.79 Å². The number of carboxylic acids is 1. The van der Waals surface area contributed by atoms with Crippen LogP contribution in [0.1, 0.15) is 40.0 Å². The molecule has 6 heteroatoms. The molecular formula is C13H25N3O3. The molecule has 3 N–H and O–H groups in total. The highest BCUT2D eigenvalue weighted by atomic mass is 16.4. The molecule has 0 saturated carbocycles. The van der Waals surface area contributed by atoms with Crippen LogP contribution in [0.4, 0.5) is 4.79 Å². The largest absolute Gasteiger partial charge is 0.480 e. The topological polar surface area (TPSA) is 81.7 Å². The van der Waals surface area contributed by atoms with Gasteiger partial charge in [-0.1, -0.05) is 13.8 Å². The van der Waals surface area contributed by atoms with Gasteiger partial charge in [-0.25, -0.2) is 9.59 Å². The van der Waals surface area contributed by atoms with Crippen molar-refractivity contribution in [3.8, 4) is 0 Å². The summed E-state index contributed by atoms with van der Waals surface area (Å²) in [6, 6.07) is -0.293. The van der Waals surface area contributed by atoms with Crippen molar-refractivity contribution in [2.24, 2.45) is 0 Å². The fraction of sp³-hybridized carbons (Fsp3) is 0.846. The van der Waals surface area contributed by atoms with Gasteiger partial charge in [0, 0.05) is 12.6 Å². The number of rotatable bonds is 5. The molecule has 1 heterocycles. The van der Waals surface area contributed by atoms with Crippen molar-refractivity contribution in [2.75, 3.05) is 19.6 Å². The zero-order chi connectivity index (χ0) is 14.5. The number of amides is 2. The van der Waals surface area contributed by atoms with Gasteiger partial charge in [-0.05, 0) is 39.3 Å². The van der Waals surface area contributed by atoms with Crippen LogP contribution in [0, 0.1) is 0 Å². The van der Waals surface area contributed by atoms with E-state index in [9.17, 15) is 9.59 Å². The van der Waals surface area contributed by atoms with E-state index in [-0.39, 0.29) is 6.04 Å². The number of carboxylic acid groups (broad SMARTS) is 1. The van der Waals surface area contributed by atoms with Gasteiger partial charge >= 0.3 is 12.0 Å². The summed E-state index contributed by atoms with van der Waals surface area (Å²) in [5, 5.41) is 14.5. The predicted molar refractivity (Wildman–Crippen MR) is 73.1 cm³/mol. The highest BCUT2D eigenvalue weighted by molar-refractivity contribution is 5.85. The third-order valence-corrected chi connectivity index (χ3v) is 3.86. The molecule has 0 aromatic heterocycles. The first-order valence-corrected chi connectivity index (χ1v) is 6.95. The minimum absolute atomic E-state index is 0.101. The molecule has 2 atom stereocenters. The Morgan fingerprint density at radius 1 is 1.42 bits per heavy atom. The molecule has 0 bridgehead atoms. The Morgan fingerprint density at radius 3 is 2.63 bits per heavy atom. The van der Waals surface area contributed by atoms with E-state index in [1.54, 1.807) is 6.92 Å². The highest BCUT2D eigenvalue weighted by Crippen LogP contribution is 2.11. The molecule has 1 rings (SSSR count). The van der Waals surface area contributed by atoms with E-state index in [0.717, 1.165) is 32.5 Å². The summed E-state index contributed by atoms with van der Waals surface area (Å²) in [5.74, 6) is -1.01. The fourth-order valence-electron chi connectivity index (χ4n) is 2.23. The van der Waals surface area contributed by atoms with Crippen molar-refractivity contribution in [3.05, 3.63) is 0 Å². The molecule has 0 spiro atoms. The molecule has 1 fully saturated rings. The molecule has 19 heavy (non-hydrogen) atoms. The molecule has 1 aliphatic heterocycles. The second-order valence-corrected chi connectivity index (χ2v) is 5.32. The second kappa shape index (κ2) is 6.75. The first-order chi connectivity index (χ1) is 8.91. The predicted octanol–water partition coefficient (Wildman–Crippen LogP) is 1.02. The summed E-state index contributed by atoms with van der Waals surface area (Å²) >= 11 is 0. The summed E-state index contributed by atoms with van der Waals surface area (Å²) in [7, 11) is 0. The molecule has 1 saturated heterocycles. The maximum Gasteiger partial charge on any atom is 0.329 e. The number of carbonyl (C=O) groups is 2. The average molecular weight is 271 g/mol. The first-order valence-electron chi connectivity index (χ1n) is 6.95. The summed E-state index contributed by atoms with van der Waals surface area (Å²) in [4.78, 5) is 25.3. The van der Waals surface area contributed by atoms with Crippen LogP contribution in [0.25, 0.3) is 0 Å². The Hall–Kier alpha value is -1.30. The Kier molecular flexibility index (Phi) is 5.60. The zero-order valence-corrected chi connectivity index (χ0v) is 12.0. The highest BCUT2D eigenvalue weighted by Gasteiger charge is 2.33. The van der Waals surface area contributed by atoms with Crippen molar-refractivity contribution < 1.29 is 14.7 Å². The van der Waals surface area contributed by atoms with Crippen LogP contribution < -0.4 is 10.6 Å². The molecule has 0 aromatic carbocycles. The monoisotopic (exact) mass is 271 g/mol. The SMILES string of the molecule is CCN1CCCC(NC(=O)NC(C)(CC)C(=O)O)C1. The molecule has 110 valence electrons. The Bertz CT molecular complexity index is 335. The molecule has 0 aliphatic carbocycles. The number of carbonyl (C=O) groups excluding carboxylic acids is 1. The van der Waals surface area contributed by atoms with E-state index >= 15 is 0 Å². The standard InChI is InChI=1S/C13H25N3O3/c1-4-13(3,11(17)18)15-12(19)14-10-7-6-8-16(5-2)9-10/h10H,4-9H2,1-3H3,(H,17,18)(H2,14,15,19). The minimum Gasteiger partial charge on any atom is -0.480 e. The van der Waals surface area contributed by atoms with Gasteiger partial charge in [-0.3, -0.25) is 0 Å². The Morgan fingerprint density at radius 2 is 2.11 bits per heavy atom. The van der Waals surface area contributed by atoms with Crippen LogP contribution in [0.2, 0.25) is 0 Å². The summed E-state index contributed by atoms with van der Waals surface area (Å²) in [5.41, 5.74) is -1.21. The summed E-state index contributed by atoms with van der Waals surface area (Å²) in [6.45, 7) is 8.24. The van der Waals surface area contributed by atoms with Crippen molar-refractivity contribution in [1.29, 1.82) is 0 Å². The van der Waals surface area contributed by atoms with Crippen LogP contribution >= 0.6 is 0 Å². The third kappa shape index (κ3) is 4.38. The molecule has 2 unspecified atom stereocenters. The number of likely N-dealkylation sites (N-methyl/N-ethyl adjacent to an activating group) is 1. The number of urea groups is 1. The Labute approximate surface area is 114 Å². The number of nitrogens with zero attached hydrogens (tertiary/aromatic N) is 1. The molecular weight excluding hydrogens is 246 g/mol. The van der Waals surface area contributed by atoms with Gasteiger partial charge in [0.15, 0.2) is 0 Å². The lowest BCUT2D eigenvalue weighted by Crippen LogP contribution is -2.58. The molecule has 0 aromatic rings. The van der Waals surface area contributed by atoms with Crippen molar-refractivity contribution in [3.63, 3.8) is 0 Å². The average Bonchev–Trinajstić information content (AvgIpc) is 2.38. The zero-order valence-electron chi connectivity index (χ0n) is 12.0. The number of hydrogen-bond donors (Lipinski definition) is 3. The van der Waals surface area contributed by atoms with E-state index in [0.29, 0.717) is 6.42 Å². The maximum absolute atomic E-state index is 11.9. The minimum atomic E-state index is -1.21. The fourth-order valence-corrected chi connectivity index (χ4v) is 2.23. The number of nitrogens with one attached hydrogen (secondary N) is 2. The number of piperidine rings is 1. The second-order valence-electron chi connectivity index (χ2n) is 5.32. The van der Waals surface area contributed by atoms with Crippen molar-refractivity contribution in [1.82, 2.24) is 15.5 Å². The quantitative estimate of drug-likeness (QED) is 0.697. The number of aliphatic carboxylic acids is 1. The number of hydrogen-bond acceptors (Lipinski definition) is 3. The van der Waals surface area contributed by atoms with Gasteiger partial charge in [-0.2, -0.15) is 0 Å². The summed E-state index contributed by atoms with van der Waals surface area (Å²) < 4.78 is 0. The lowest BCUT2D eigenvalue weighted by Gasteiger charge is -2.33. The maximum atomic E-state index is 11.9. The van der Waals surface area contributed by atoms with Crippen LogP contribution in [0.5, 0.6) is 0 Å². The van der Waals surface area contributed by atoms with Crippen LogP contribution in [0.3, 0.4) is 0 Å². The lowest BCUT2D eigenvalue weighted by atomic mass is 9.99. The van der Waals surface area contributed by atoms with E-state index < -0.39 is 17.5 Å². The van der Waals surface area contributed by atoms with E-state index in [1.807, 2.05) is 0 Å². The van der Waals surface area contributed by atoms with Gasteiger partial charge in [0.2, 0.25) is 0 Å². The molecule has 0 radical (unpaired) electrons. The van der Waals surface area contributed by atoms with E-state index in [4.69, 9.17) is 5.11 Å². The van der Waals surface area contributed by atoms with Crippen molar-refractivity contribution >= 4 is 12.0 Å². The third-order valence-electron chi connectivity index (χ3n) is 3.86. The molecule has 1 aliphatic rings. The van der Waals surface area contributed by atoms with Crippen molar-refractivity contribution in [2.45, 2.75) is 51.6 Å². The Balaban J connectivity index is 2.48. The van der Waals surface area contributed by atoms with E-state index in [2.05, 4.69) is 22.5 Å². The first kappa shape index (κ1) is 15.8.